The molecule has 1 aromatic carbocycles. The van der Waals surface area contributed by atoms with Crippen LogP contribution in [-0.4, -0.2) is 41.6 Å². The summed E-state index contributed by atoms with van der Waals surface area (Å²) in [6, 6.07) is 11.1. The minimum Gasteiger partial charge on any atom is -0.487 e. The van der Waals surface area contributed by atoms with Crippen molar-refractivity contribution < 1.29 is 18.7 Å². The van der Waals surface area contributed by atoms with Gasteiger partial charge in [0.05, 0.1) is 13.1 Å². The number of halogens is 1. The first-order valence-corrected chi connectivity index (χ1v) is 7.33. The SMILES string of the molecule is N#Cc1cc(OC2CN(C(=O)COc3ccccc3F)C2)ccn1. The number of nitrogens with zero attached hydrogens (tertiary/aromatic N) is 3. The second-order valence-corrected chi connectivity index (χ2v) is 5.25. The van der Waals surface area contributed by atoms with Gasteiger partial charge in [-0.3, -0.25) is 4.79 Å². The fourth-order valence-electron chi connectivity index (χ4n) is 2.25. The zero-order chi connectivity index (χ0) is 16.9. The number of aromatic nitrogens is 1. The van der Waals surface area contributed by atoms with Crippen LogP contribution >= 0.6 is 0 Å². The molecule has 0 bridgehead atoms. The Morgan fingerprint density at radius 2 is 2.17 bits per heavy atom. The number of nitriles is 1. The van der Waals surface area contributed by atoms with E-state index in [9.17, 15) is 9.18 Å². The van der Waals surface area contributed by atoms with Gasteiger partial charge in [-0.2, -0.15) is 5.26 Å². The molecule has 122 valence electrons. The Labute approximate surface area is 138 Å². The standard InChI is InChI=1S/C17H14FN3O3/c18-15-3-1-2-4-16(15)23-11-17(22)21-9-14(10-21)24-13-5-6-20-12(7-13)8-19/h1-7,14H,9-11H2. The highest BCUT2D eigenvalue weighted by Gasteiger charge is 2.32. The lowest BCUT2D eigenvalue weighted by Crippen LogP contribution is -2.57. The molecule has 0 aliphatic carbocycles. The zero-order valence-electron chi connectivity index (χ0n) is 12.7. The fourth-order valence-corrected chi connectivity index (χ4v) is 2.25. The summed E-state index contributed by atoms with van der Waals surface area (Å²) >= 11 is 0. The minimum atomic E-state index is -0.499. The maximum Gasteiger partial charge on any atom is 0.260 e. The largest absolute Gasteiger partial charge is 0.487 e. The molecule has 1 aromatic heterocycles. The van der Waals surface area contributed by atoms with Gasteiger partial charge in [0.1, 0.15) is 23.6 Å². The summed E-state index contributed by atoms with van der Waals surface area (Å²) in [5.41, 5.74) is 0.276. The molecular formula is C17H14FN3O3. The predicted octanol–water partition coefficient (Wildman–Crippen LogP) is 1.76. The molecule has 1 saturated heterocycles. The van der Waals surface area contributed by atoms with Crippen molar-refractivity contribution in [2.45, 2.75) is 6.10 Å². The van der Waals surface area contributed by atoms with Crippen LogP contribution in [0.3, 0.4) is 0 Å². The highest BCUT2D eigenvalue weighted by Crippen LogP contribution is 2.19. The molecule has 24 heavy (non-hydrogen) atoms. The lowest BCUT2D eigenvalue weighted by Gasteiger charge is -2.38. The maximum absolute atomic E-state index is 13.4. The Balaban J connectivity index is 1.45. The first kappa shape index (κ1) is 15.7. The molecule has 1 aliphatic heterocycles. The molecule has 2 heterocycles. The van der Waals surface area contributed by atoms with E-state index in [1.807, 2.05) is 6.07 Å². The van der Waals surface area contributed by atoms with Crippen molar-refractivity contribution in [3.05, 3.63) is 54.1 Å². The second-order valence-electron chi connectivity index (χ2n) is 5.25. The van der Waals surface area contributed by atoms with Gasteiger partial charge in [-0.05, 0) is 18.2 Å². The van der Waals surface area contributed by atoms with Gasteiger partial charge in [-0.15, -0.1) is 0 Å². The number of hydrogen-bond donors (Lipinski definition) is 0. The van der Waals surface area contributed by atoms with Gasteiger partial charge < -0.3 is 14.4 Å². The van der Waals surface area contributed by atoms with Gasteiger partial charge in [0, 0.05) is 12.3 Å². The Hall–Kier alpha value is -3.14. The van der Waals surface area contributed by atoms with Gasteiger partial charge in [-0.25, -0.2) is 9.37 Å². The molecule has 3 rings (SSSR count). The van der Waals surface area contributed by atoms with Crippen LogP contribution in [0.15, 0.2) is 42.6 Å². The van der Waals surface area contributed by atoms with Crippen LogP contribution in [0, 0.1) is 17.1 Å². The maximum atomic E-state index is 13.4. The lowest BCUT2D eigenvalue weighted by atomic mass is 10.1. The molecule has 0 saturated carbocycles. The molecule has 0 unspecified atom stereocenters. The quantitative estimate of drug-likeness (QED) is 0.836. The van der Waals surface area contributed by atoms with Crippen LogP contribution < -0.4 is 9.47 Å². The van der Waals surface area contributed by atoms with Crippen molar-refractivity contribution in [3.63, 3.8) is 0 Å². The van der Waals surface area contributed by atoms with Crippen molar-refractivity contribution >= 4 is 5.91 Å². The summed E-state index contributed by atoms with van der Waals surface area (Å²) in [4.78, 5) is 17.4. The molecule has 7 heteroatoms. The molecule has 1 amide bonds. The topological polar surface area (TPSA) is 75.5 Å². The summed E-state index contributed by atoms with van der Waals surface area (Å²) in [7, 11) is 0. The number of likely N-dealkylation sites (tertiary alicyclic amines) is 1. The summed E-state index contributed by atoms with van der Waals surface area (Å²) in [6.07, 6.45) is 1.36. The van der Waals surface area contributed by atoms with Crippen molar-refractivity contribution in [2.24, 2.45) is 0 Å². The summed E-state index contributed by atoms with van der Waals surface area (Å²) in [5, 5.41) is 8.79. The molecule has 0 radical (unpaired) electrons. The van der Waals surface area contributed by atoms with Gasteiger partial charge in [-0.1, -0.05) is 12.1 Å². The molecule has 0 atom stereocenters. The monoisotopic (exact) mass is 327 g/mol. The van der Waals surface area contributed by atoms with E-state index in [2.05, 4.69) is 4.98 Å². The molecule has 0 spiro atoms. The smallest absolute Gasteiger partial charge is 0.260 e. The van der Waals surface area contributed by atoms with Crippen LogP contribution in [0.4, 0.5) is 4.39 Å². The third kappa shape index (κ3) is 3.60. The van der Waals surface area contributed by atoms with E-state index in [0.29, 0.717) is 18.8 Å². The number of ether oxygens (including phenoxy) is 2. The molecule has 6 nitrogen and oxygen atoms in total. The third-order valence-electron chi connectivity index (χ3n) is 3.54. The highest BCUT2D eigenvalue weighted by atomic mass is 19.1. The van der Waals surface area contributed by atoms with E-state index >= 15 is 0 Å². The normalized spacial score (nSPS) is 13.8. The third-order valence-corrected chi connectivity index (χ3v) is 3.54. The average Bonchev–Trinajstić information content (AvgIpc) is 2.57. The van der Waals surface area contributed by atoms with E-state index < -0.39 is 5.82 Å². The number of carbonyl (C=O) groups excluding carboxylic acids is 1. The van der Waals surface area contributed by atoms with Crippen molar-refractivity contribution in [1.29, 1.82) is 5.26 Å². The van der Waals surface area contributed by atoms with Crippen LogP contribution in [0.25, 0.3) is 0 Å². The molecule has 0 N–H and O–H groups in total. The summed E-state index contributed by atoms with van der Waals surface area (Å²) < 4.78 is 24.3. The number of amides is 1. The van der Waals surface area contributed by atoms with E-state index in [1.54, 1.807) is 29.2 Å². The average molecular weight is 327 g/mol. The highest BCUT2D eigenvalue weighted by molar-refractivity contribution is 5.78. The zero-order valence-corrected chi connectivity index (χ0v) is 12.7. The van der Waals surface area contributed by atoms with Crippen LogP contribution in [0.5, 0.6) is 11.5 Å². The van der Waals surface area contributed by atoms with Crippen molar-refractivity contribution in [1.82, 2.24) is 9.88 Å². The van der Waals surface area contributed by atoms with E-state index in [4.69, 9.17) is 14.7 Å². The number of rotatable bonds is 5. The lowest BCUT2D eigenvalue weighted by molar-refractivity contribution is -0.142. The van der Waals surface area contributed by atoms with Crippen LogP contribution in [0.1, 0.15) is 5.69 Å². The predicted molar refractivity (Wildman–Crippen MR) is 81.8 cm³/mol. The minimum absolute atomic E-state index is 0.0555. The molecule has 2 aromatic rings. The molecule has 1 aliphatic rings. The van der Waals surface area contributed by atoms with E-state index in [1.165, 1.54) is 18.3 Å². The summed E-state index contributed by atoms with van der Waals surface area (Å²) in [6.45, 7) is 0.620. The second kappa shape index (κ2) is 6.96. The van der Waals surface area contributed by atoms with Gasteiger partial charge in [0.2, 0.25) is 0 Å². The summed E-state index contributed by atoms with van der Waals surface area (Å²) in [5.74, 6) is -0.132. The Morgan fingerprint density at radius 3 is 2.92 bits per heavy atom. The number of benzene rings is 1. The number of pyridine rings is 1. The van der Waals surface area contributed by atoms with Crippen molar-refractivity contribution in [2.75, 3.05) is 19.7 Å². The molecular weight excluding hydrogens is 313 g/mol. The van der Waals surface area contributed by atoms with Gasteiger partial charge in [0.25, 0.3) is 5.91 Å². The van der Waals surface area contributed by atoms with Gasteiger partial charge >= 0.3 is 0 Å². The van der Waals surface area contributed by atoms with Crippen molar-refractivity contribution in [3.8, 4) is 17.6 Å². The number of hydrogen-bond acceptors (Lipinski definition) is 5. The fraction of sp³-hybridized carbons (Fsp3) is 0.235. The Kier molecular flexibility index (Phi) is 4.57. The van der Waals surface area contributed by atoms with E-state index in [-0.39, 0.29) is 30.1 Å². The first-order chi connectivity index (χ1) is 11.7. The Morgan fingerprint density at radius 1 is 1.38 bits per heavy atom. The van der Waals surface area contributed by atoms with Crippen LogP contribution in [0.2, 0.25) is 0 Å². The molecule has 1 fully saturated rings. The number of para-hydroxylation sites is 1. The number of carbonyl (C=O) groups is 1. The van der Waals surface area contributed by atoms with Crippen LogP contribution in [-0.2, 0) is 4.79 Å². The van der Waals surface area contributed by atoms with E-state index in [0.717, 1.165) is 0 Å². The Bertz CT molecular complexity index is 785. The van der Waals surface area contributed by atoms with Gasteiger partial charge in [0.15, 0.2) is 18.2 Å². The first-order valence-electron chi connectivity index (χ1n) is 7.33.